The lowest BCUT2D eigenvalue weighted by Crippen LogP contribution is -2.40. The molecule has 1 saturated carbocycles. The first kappa shape index (κ1) is 25.7. The van der Waals surface area contributed by atoms with E-state index in [-0.39, 0.29) is 42.2 Å². The summed E-state index contributed by atoms with van der Waals surface area (Å²) in [6.45, 7) is 3.64. The van der Waals surface area contributed by atoms with Crippen molar-refractivity contribution in [1.82, 2.24) is 14.8 Å². The number of aromatic nitrogens is 1. The van der Waals surface area contributed by atoms with E-state index < -0.39 is 23.6 Å². The van der Waals surface area contributed by atoms with Crippen LogP contribution in [0.1, 0.15) is 71.6 Å². The van der Waals surface area contributed by atoms with Crippen LogP contribution >= 0.6 is 0 Å². The highest BCUT2D eigenvalue weighted by Crippen LogP contribution is 2.48. The Labute approximate surface area is 216 Å². The number of halogens is 1. The molecule has 1 aromatic carbocycles. The van der Waals surface area contributed by atoms with E-state index in [9.17, 15) is 15.0 Å². The van der Waals surface area contributed by atoms with Crippen LogP contribution in [0.3, 0.4) is 0 Å². The van der Waals surface area contributed by atoms with Crippen molar-refractivity contribution < 1.29 is 24.1 Å². The van der Waals surface area contributed by atoms with Crippen LogP contribution in [0, 0.1) is 28.5 Å². The number of piperidine rings is 1. The summed E-state index contributed by atoms with van der Waals surface area (Å²) >= 11 is 0. The van der Waals surface area contributed by atoms with E-state index in [1.807, 2.05) is 13.1 Å². The molecule has 1 amide bonds. The SMILES string of the molecule is CN1CCC(C(C)(O)c2cc(F)c3c(c2)C(=O)N(Cc2ccc(C#N)cn2)C3OCC2(CO)CC2)CC1. The second-order valence-electron chi connectivity index (χ2n) is 11.0. The lowest BCUT2D eigenvalue weighted by Gasteiger charge is -2.39. The van der Waals surface area contributed by atoms with Crippen molar-refractivity contribution in [3.05, 3.63) is 64.2 Å². The van der Waals surface area contributed by atoms with Crippen LogP contribution in [0.2, 0.25) is 0 Å². The predicted octanol–water partition coefficient (Wildman–Crippen LogP) is 3.09. The van der Waals surface area contributed by atoms with E-state index in [1.165, 1.54) is 17.2 Å². The molecule has 9 heteroatoms. The van der Waals surface area contributed by atoms with Gasteiger partial charge in [-0.25, -0.2) is 4.39 Å². The van der Waals surface area contributed by atoms with Crippen LogP contribution in [0.4, 0.5) is 4.39 Å². The van der Waals surface area contributed by atoms with Crippen molar-refractivity contribution in [2.75, 3.05) is 33.4 Å². The Morgan fingerprint density at radius 1 is 1.30 bits per heavy atom. The summed E-state index contributed by atoms with van der Waals surface area (Å²) in [5, 5.41) is 30.3. The number of ether oxygens (including phenoxy) is 1. The van der Waals surface area contributed by atoms with Gasteiger partial charge in [0.05, 0.1) is 42.2 Å². The number of benzene rings is 1. The van der Waals surface area contributed by atoms with Gasteiger partial charge in [-0.3, -0.25) is 9.78 Å². The second kappa shape index (κ2) is 9.76. The molecule has 5 rings (SSSR count). The van der Waals surface area contributed by atoms with Gasteiger partial charge in [-0.15, -0.1) is 0 Å². The number of nitriles is 1. The van der Waals surface area contributed by atoms with Crippen molar-refractivity contribution in [1.29, 1.82) is 5.26 Å². The number of rotatable bonds is 8. The van der Waals surface area contributed by atoms with Gasteiger partial charge in [-0.05, 0) is 88.5 Å². The summed E-state index contributed by atoms with van der Waals surface area (Å²) < 4.78 is 21.9. The second-order valence-corrected chi connectivity index (χ2v) is 11.0. The molecule has 37 heavy (non-hydrogen) atoms. The van der Waals surface area contributed by atoms with E-state index in [1.54, 1.807) is 25.1 Å². The minimum atomic E-state index is -1.29. The Morgan fingerprint density at radius 3 is 2.62 bits per heavy atom. The van der Waals surface area contributed by atoms with Crippen LogP contribution in [-0.2, 0) is 16.9 Å². The van der Waals surface area contributed by atoms with Crippen molar-refractivity contribution >= 4 is 5.91 Å². The number of fused-ring (bicyclic) bond motifs is 1. The fourth-order valence-corrected chi connectivity index (χ4v) is 5.43. The summed E-state index contributed by atoms with van der Waals surface area (Å²) in [6, 6.07) is 8.25. The van der Waals surface area contributed by atoms with Gasteiger partial charge in [-0.1, -0.05) is 0 Å². The van der Waals surface area contributed by atoms with Crippen LogP contribution in [0.15, 0.2) is 30.5 Å². The lowest BCUT2D eigenvalue weighted by atomic mass is 9.77. The average Bonchev–Trinajstić information content (AvgIpc) is 3.63. The number of aliphatic hydroxyl groups is 2. The molecule has 2 atom stereocenters. The maximum atomic E-state index is 15.8. The zero-order valence-corrected chi connectivity index (χ0v) is 21.3. The van der Waals surface area contributed by atoms with Gasteiger partial charge < -0.3 is 24.7 Å². The molecule has 2 unspecified atom stereocenters. The molecule has 0 bridgehead atoms. The van der Waals surface area contributed by atoms with Gasteiger partial charge in [0.1, 0.15) is 11.9 Å². The van der Waals surface area contributed by atoms with Gasteiger partial charge >= 0.3 is 0 Å². The summed E-state index contributed by atoms with van der Waals surface area (Å²) in [4.78, 5) is 21.6. The van der Waals surface area contributed by atoms with Crippen LogP contribution < -0.4 is 0 Å². The molecule has 2 N–H and O–H groups in total. The van der Waals surface area contributed by atoms with Gasteiger partial charge in [0.15, 0.2) is 6.23 Å². The number of hydrogen-bond donors (Lipinski definition) is 2. The average molecular weight is 509 g/mol. The standard InChI is InChI=1S/C28H33FN4O4/c1-27(36,19-5-9-32(2)10-6-19)20-11-22-24(23(29)12-20)26(37-17-28(16-34)7-8-28)33(25(22)35)15-21-4-3-18(13-30)14-31-21/h3-4,11-12,14,19,26,34,36H,5-10,15-17H2,1-2H3. The Kier molecular flexibility index (Phi) is 6.79. The Morgan fingerprint density at radius 2 is 2.03 bits per heavy atom. The maximum Gasteiger partial charge on any atom is 0.257 e. The zero-order valence-electron chi connectivity index (χ0n) is 21.3. The third-order valence-corrected chi connectivity index (χ3v) is 8.37. The number of pyridine rings is 1. The number of amides is 1. The molecule has 1 saturated heterocycles. The third-order valence-electron chi connectivity index (χ3n) is 8.37. The molecule has 3 heterocycles. The minimum absolute atomic E-state index is 0.0292. The molecule has 1 aromatic heterocycles. The van der Waals surface area contributed by atoms with Crippen molar-refractivity contribution in [2.24, 2.45) is 11.3 Å². The molecule has 2 fully saturated rings. The summed E-state index contributed by atoms with van der Waals surface area (Å²) in [6.07, 6.45) is 3.64. The monoisotopic (exact) mass is 508 g/mol. The molecule has 0 spiro atoms. The van der Waals surface area contributed by atoms with Crippen molar-refractivity contribution in [2.45, 2.75) is 51.0 Å². The number of nitrogens with zero attached hydrogens (tertiary/aromatic N) is 4. The quantitative estimate of drug-likeness (QED) is 0.564. The number of aliphatic hydroxyl groups excluding tert-OH is 1. The molecular weight excluding hydrogens is 475 g/mol. The molecule has 1 aliphatic carbocycles. The van der Waals surface area contributed by atoms with E-state index >= 15 is 4.39 Å². The fraction of sp³-hybridized carbons (Fsp3) is 0.536. The topological polar surface area (TPSA) is 110 Å². The first-order chi connectivity index (χ1) is 17.7. The van der Waals surface area contributed by atoms with Crippen molar-refractivity contribution in [3.8, 4) is 6.07 Å². The summed E-state index contributed by atoms with van der Waals surface area (Å²) in [5.74, 6) is -1.05. The van der Waals surface area contributed by atoms with Gasteiger partial charge in [0, 0.05) is 17.2 Å². The van der Waals surface area contributed by atoms with Crippen LogP contribution in [-0.4, -0.2) is 64.3 Å². The van der Waals surface area contributed by atoms with Gasteiger partial charge in [0.25, 0.3) is 5.91 Å². The Balaban J connectivity index is 1.48. The highest BCUT2D eigenvalue weighted by molar-refractivity contribution is 5.99. The number of likely N-dealkylation sites (tertiary alicyclic amines) is 1. The minimum Gasteiger partial charge on any atom is -0.396 e. The normalized spacial score (nSPS) is 23.0. The van der Waals surface area contributed by atoms with E-state index in [4.69, 9.17) is 10.00 Å². The number of carbonyl (C=O) groups is 1. The molecule has 2 aliphatic heterocycles. The molecule has 0 radical (unpaired) electrons. The predicted molar refractivity (Wildman–Crippen MR) is 132 cm³/mol. The number of hydrogen-bond acceptors (Lipinski definition) is 7. The highest BCUT2D eigenvalue weighted by Gasteiger charge is 2.47. The van der Waals surface area contributed by atoms with Crippen molar-refractivity contribution in [3.63, 3.8) is 0 Å². The molecule has 2 aromatic rings. The largest absolute Gasteiger partial charge is 0.396 e. The maximum absolute atomic E-state index is 15.8. The first-order valence-electron chi connectivity index (χ1n) is 12.8. The third kappa shape index (κ3) is 4.87. The lowest BCUT2D eigenvalue weighted by molar-refractivity contribution is -0.0676. The highest BCUT2D eigenvalue weighted by atomic mass is 19.1. The number of carbonyl (C=O) groups excluding carboxylic acids is 1. The molecule has 8 nitrogen and oxygen atoms in total. The van der Waals surface area contributed by atoms with Crippen LogP contribution in [0.5, 0.6) is 0 Å². The Hall–Kier alpha value is -2.90. The zero-order chi connectivity index (χ0) is 26.4. The summed E-state index contributed by atoms with van der Waals surface area (Å²) in [5.41, 5.74) is 0.0151. The van der Waals surface area contributed by atoms with E-state index in [2.05, 4.69) is 9.88 Å². The molecule has 3 aliphatic rings. The summed E-state index contributed by atoms with van der Waals surface area (Å²) in [7, 11) is 2.04. The van der Waals surface area contributed by atoms with E-state index in [0.717, 1.165) is 38.8 Å². The molecule has 196 valence electrons. The van der Waals surface area contributed by atoms with Gasteiger partial charge in [-0.2, -0.15) is 5.26 Å². The molecular formula is C28H33FN4O4. The van der Waals surface area contributed by atoms with Crippen LogP contribution in [0.25, 0.3) is 0 Å². The smallest absolute Gasteiger partial charge is 0.257 e. The fourth-order valence-electron chi connectivity index (χ4n) is 5.43. The Bertz CT molecular complexity index is 1210. The van der Waals surface area contributed by atoms with Gasteiger partial charge in [0.2, 0.25) is 0 Å². The van der Waals surface area contributed by atoms with E-state index in [0.29, 0.717) is 16.8 Å². The first-order valence-corrected chi connectivity index (χ1v) is 12.8.